The molecule has 1 aliphatic heterocycles. The molecular formula is C65H104ClMgNO7. The molecule has 420 valence electrons. The van der Waals surface area contributed by atoms with Crippen molar-refractivity contribution in [3.63, 3.8) is 0 Å². The number of carbonyl (C=O) groups excluding carboxylic acids is 2. The third-order valence-electron chi connectivity index (χ3n) is 22.7. The summed E-state index contributed by atoms with van der Waals surface area (Å²) in [6, 6.07) is 16.2. The van der Waals surface area contributed by atoms with Gasteiger partial charge in [0.15, 0.2) is 0 Å². The molecule has 10 heteroatoms. The van der Waals surface area contributed by atoms with Crippen molar-refractivity contribution in [1.29, 1.82) is 0 Å². The Balaban J connectivity index is 0.000000256. The van der Waals surface area contributed by atoms with Crippen LogP contribution in [0.3, 0.4) is 0 Å². The van der Waals surface area contributed by atoms with Crippen LogP contribution in [0, 0.1) is 94.7 Å². The standard InChI is InChI=1S/C29H42O3.C23H39NO3.C8H9.C4H8O.CH4.ClH.Mg.H/c1-27(31)15-16-28(2)20(18-27)7-10-22-23-11-12-25(29(23,3)14-13-24(22)28)26(30)17-19-5-8-21(32-4)9-6-19;1-21(26)12-13-22(2)15(14-21)6-7-16-17-8-9-19(20(25)24(4)27-5)23(17,3)11-10-18(16)22;1-7-3-5-8(2)6-4-7;1-2-4-5-3-1;;;;/h5-6,8-9,20,22-25,31H,7,10-18H2,1-4H3;15-19,26H,6-14H2,1-5H3;3-6H,1H2,2H3;1-4H2;1H4;1H;;/q;;-1;;;;+2;-1/t20-,22+,23+,24+,25-,27-,28+,29+;15-,16-,17-,18-,19+,21+,22-,23-;;;;;;/m10....../s1. The summed E-state index contributed by atoms with van der Waals surface area (Å²) in [5.74, 6) is 7.63. The van der Waals surface area contributed by atoms with Crippen LogP contribution in [0.1, 0.15) is 196 Å². The number of methoxy groups -OCH3 is 1. The number of fused-ring (bicyclic) bond motifs is 10. The molecule has 1 heterocycles. The smallest absolute Gasteiger partial charge is 1.00 e. The maximum Gasteiger partial charge on any atom is 2.00 e. The van der Waals surface area contributed by atoms with E-state index in [9.17, 15) is 19.8 Å². The van der Waals surface area contributed by atoms with Crippen LogP contribution in [0.4, 0.5) is 0 Å². The molecule has 0 unspecified atom stereocenters. The van der Waals surface area contributed by atoms with E-state index >= 15 is 0 Å². The molecule has 8 nitrogen and oxygen atoms in total. The SMILES string of the molecule is C.C1CCOC1.CON(C)C(=O)[C@H]1CC[C@H]2[C@@H]3CC[C@H]4C[C@](C)(O)CC[C@]4(C)[C@H]3CC[C@]12C.COc1ccc(CC(=O)[C@H]2CC[C@H]3[C@@H]4CC[C@@H]5C[C@](C)(O)CC[C@]5(C)[C@H]4CC[C@]23C)cc1.Cl.[CH2-]c1ccc(C)cc1.[H-].[Mg+2]. The van der Waals surface area contributed by atoms with Crippen LogP contribution >= 0.6 is 12.4 Å². The molecule has 8 saturated carbocycles. The van der Waals surface area contributed by atoms with E-state index in [1.807, 2.05) is 50.2 Å². The zero-order valence-corrected chi connectivity index (χ0v) is 50.1. The number of hydrogen-bond acceptors (Lipinski definition) is 7. The van der Waals surface area contributed by atoms with Gasteiger partial charge >= 0.3 is 23.1 Å². The molecule has 16 atom stereocenters. The molecule has 1 amide bonds. The molecule has 2 aromatic carbocycles. The number of halogens is 1. The summed E-state index contributed by atoms with van der Waals surface area (Å²) in [6.45, 7) is 21.8. The summed E-state index contributed by atoms with van der Waals surface area (Å²) >= 11 is 0. The van der Waals surface area contributed by atoms with Gasteiger partial charge in [-0.2, -0.15) is 24.6 Å². The van der Waals surface area contributed by atoms with E-state index in [0.29, 0.717) is 46.7 Å². The second-order valence-corrected chi connectivity index (χ2v) is 26.9. The third kappa shape index (κ3) is 13.3. The van der Waals surface area contributed by atoms with Gasteiger partial charge in [-0.25, -0.2) is 5.06 Å². The second kappa shape index (κ2) is 25.7. The van der Waals surface area contributed by atoms with Gasteiger partial charge in [-0.05, 0) is 236 Å². The minimum absolute atomic E-state index is 0. The Labute approximate surface area is 480 Å². The number of hydrogen-bond donors (Lipinski definition) is 2. The topological polar surface area (TPSA) is 106 Å². The zero-order valence-electron chi connectivity index (χ0n) is 48.9. The number of nitrogens with zero attached hydrogens (tertiary/aromatic N) is 1. The molecule has 0 radical (unpaired) electrons. The number of benzene rings is 2. The minimum atomic E-state index is -0.466. The minimum Gasteiger partial charge on any atom is -1.00 e. The zero-order chi connectivity index (χ0) is 51.9. The number of aliphatic hydroxyl groups is 2. The van der Waals surface area contributed by atoms with E-state index in [4.69, 9.17) is 14.3 Å². The Morgan fingerprint density at radius 2 is 1.09 bits per heavy atom. The number of rotatable bonds is 6. The molecule has 8 aliphatic carbocycles. The van der Waals surface area contributed by atoms with E-state index in [2.05, 4.69) is 53.7 Å². The summed E-state index contributed by atoms with van der Waals surface area (Å²) in [7, 11) is 5.02. The summed E-state index contributed by atoms with van der Waals surface area (Å²) in [5, 5.41) is 22.8. The molecular weight excluding hydrogens is 966 g/mol. The van der Waals surface area contributed by atoms with Crippen LogP contribution in [0.5, 0.6) is 5.75 Å². The van der Waals surface area contributed by atoms with E-state index in [1.54, 1.807) is 21.3 Å². The predicted molar refractivity (Wildman–Crippen MR) is 310 cm³/mol. The largest absolute Gasteiger partial charge is 2.00 e. The Morgan fingerprint density at radius 3 is 1.52 bits per heavy atom. The quantitative estimate of drug-likeness (QED) is 0.169. The summed E-state index contributed by atoms with van der Waals surface area (Å²) < 4.78 is 10.2. The van der Waals surface area contributed by atoms with Crippen LogP contribution in [-0.4, -0.2) is 95.7 Å². The first-order valence-corrected chi connectivity index (χ1v) is 29.0. The normalized spacial score (nSPS) is 40.6. The average Bonchev–Trinajstić information content (AvgIpc) is 4.13. The van der Waals surface area contributed by atoms with Crippen LogP contribution < -0.4 is 4.74 Å². The van der Waals surface area contributed by atoms with Gasteiger partial charge in [0.2, 0.25) is 5.91 Å². The molecule has 9 fully saturated rings. The fourth-order valence-corrected chi connectivity index (χ4v) is 18.3. The molecule has 0 aromatic heterocycles. The predicted octanol–water partition coefficient (Wildman–Crippen LogP) is 14.4. The number of ether oxygens (including phenoxy) is 2. The molecule has 11 rings (SSSR count). The first-order chi connectivity index (χ1) is 34.1. The van der Waals surface area contributed by atoms with Crippen molar-refractivity contribution in [3.8, 4) is 5.75 Å². The Morgan fingerprint density at radius 1 is 0.640 bits per heavy atom. The van der Waals surface area contributed by atoms with Crippen molar-refractivity contribution >= 4 is 47.2 Å². The molecule has 0 bridgehead atoms. The van der Waals surface area contributed by atoms with Crippen molar-refractivity contribution < 1.29 is 35.5 Å². The number of Topliss-reactive ketones (excluding diaryl/α,β-unsaturated/α-hetero) is 1. The number of hydroxylamine groups is 2. The van der Waals surface area contributed by atoms with Gasteiger partial charge in [0.1, 0.15) is 11.5 Å². The van der Waals surface area contributed by atoms with Gasteiger partial charge in [-0.15, -0.1) is 24.5 Å². The average molecular weight is 1070 g/mol. The number of aryl methyl sites for hydroxylation is 1. The Bertz CT molecular complexity index is 2130. The Hall–Kier alpha value is -1.85. The van der Waals surface area contributed by atoms with Crippen molar-refractivity contribution in [2.24, 2.45) is 80.8 Å². The van der Waals surface area contributed by atoms with Crippen LogP contribution in [-0.2, 0) is 25.6 Å². The van der Waals surface area contributed by atoms with Crippen LogP contribution in [0.15, 0.2) is 48.5 Å². The van der Waals surface area contributed by atoms with Crippen molar-refractivity contribution in [3.05, 3.63) is 72.1 Å². The third-order valence-corrected chi connectivity index (χ3v) is 22.7. The summed E-state index contributed by atoms with van der Waals surface area (Å²) in [6.07, 6.45) is 23.9. The van der Waals surface area contributed by atoms with Gasteiger partial charge in [0.05, 0.1) is 25.4 Å². The second-order valence-electron chi connectivity index (χ2n) is 26.9. The van der Waals surface area contributed by atoms with Gasteiger partial charge in [-0.3, -0.25) is 14.4 Å². The summed E-state index contributed by atoms with van der Waals surface area (Å²) in [4.78, 5) is 31.6. The fourth-order valence-electron chi connectivity index (χ4n) is 18.3. The number of carbonyl (C=O) groups is 2. The number of amides is 1. The first-order valence-electron chi connectivity index (χ1n) is 29.0. The van der Waals surface area contributed by atoms with E-state index in [1.165, 1.54) is 101 Å². The van der Waals surface area contributed by atoms with E-state index in [-0.39, 0.29) is 72.9 Å². The maximum absolute atomic E-state index is 13.5. The van der Waals surface area contributed by atoms with Crippen LogP contribution in [0.25, 0.3) is 0 Å². The van der Waals surface area contributed by atoms with Crippen molar-refractivity contribution in [1.82, 2.24) is 5.06 Å². The monoisotopic (exact) mass is 1070 g/mol. The molecule has 2 N–H and O–H groups in total. The molecule has 1 saturated heterocycles. The van der Waals surface area contributed by atoms with Gasteiger partial charge < -0.3 is 21.1 Å². The Kier molecular flexibility index (Phi) is 21.9. The van der Waals surface area contributed by atoms with E-state index in [0.717, 1.165) is 92.3 Å². The number of ketones is 1. The first kappa shape index (κ1) is 64.0. The van der Waals surface area contributed by atoms with Gasteiger partial charge in [0.25, 0.3) is 0 Å². The van der Waals surface area contributed by atoms with Crippen molar-refractivity contribution in [2.75, 3.05) is 34.5 Å². The molecule has 75 heavy (non-hydrogen) atoms. The van der Waals surface area contributed by atoms with Gasteiger partial charge in [0, 0.05) is 38.5 Å². The molecule has 2 aromatic rings. The fraction of sp³-hybridized carbons (Fsp3) is 0.769. The van der Waals surface area contributed by atoms with Crippen LogP contribution in [0.2, 0.25) is 0 Å². The van der Waals surface area contributed by atoms with Gasteiger partial charge in [-0.1, -0.05) is 52.8 Å². The molecule has 9 aliphatic rings. The van der Waals surface area contributed by atoms with Crippen molar-refractivity contribution in [2.45, 2.75) is 202 Å². The molecule has 0 spiro atoms. The summed E-state index contributed by atoms with van der Waals surface area (Å²) in [5.41, 5.74) is 3.63. The maximum atomic E-state index is 13.5. The van der Waals surface area contributed by atoms with E-state index < -0.39 is 11.2 Å².